The molecule has 0 heterocycles. The number of ether oxygens (including phenoxy) is 1. The molecule has 1 fully saturated rings. The van der Waals surface area contributed by atoms with Gasteiger partial charge < -0.3 is 15.4 Å². The first-order valence-electron chi connectivity index (χ1n) is 9.09. The van der Waals surface area contributed by atoms with E-state index in [0.29, 0.717) is 18.7 Å². The third kappa shape index (κ3) is 3.85. The highest BCUT2D eigenvalue weighted by molar-refractivity contribution is 5.67. The van der Waals surface area contributed by atoms with Gasteiger partial charge in [-0.15, -0.1) is 0 Å². The zero-order valence-corrected chi connectivity index (χ0v) is 14.3. The number of nitrogens with one attached hydrogen (secondary N) is 2. The van der Waals surface area contributed by atoms with Crippen LogP contribution in [-0.2, 0) is 17.8 Å². The summed E-state index contributed by atoms with van der Waals surface area (Å²) in [5, 5.41) is 6.70. The van der Waals surface area contributed by atoms with Crippen LogP contribution < -0.4 is 10.6 Å². The maximum atomic E-state index is 11.9. The van der Waals surface area contributed by atoms with E-state index in [4.69, 9.17) is 4.74 Å². The SMILES string of the molecule is O=C(NC1CC(NC2CCc3ccccc32)C1)OCc1ccccc1. The minimum Gasteiger partial charge on any atom is -0.445 e. The van der Waals surface area contributed by atoms with E-state index in [1.54, 1.807) is 0 Å². The molecule has 2 aliphatic rings. The molecule has 4 rings (SSSR count). The van der Waals surface area contributed by atoms with Gasteiger partial charge in [-0.25, -0.2) is 4.79 Å². The molecule has 25 heavy (non-hydrogen) atoms. The molecule has 0 spiro atoms. The fourth-order valence-electron chi connectivity index (χ4n) is 3.82. The second kappa shape index (κ2) is 7.28. The summed E-state index contributed by atoms with van der Waals surface area (Å²) in [6, 6.07) is 19.6. The van der Waals surface area contributed by atoms with Crippen LogP contribution in [0.25, 0.3) is 0 Å². The van der Waals surface area contributed by atoms with Crippen molar-refractivity contribution in [1.29, 1.82) is 0 Å². The molecule has 0 aromatic heterocycles. The van der Waals surface area contributed by atoms with Crippen LogP contribution in [-0.4, -0.2) is 18.2 Å². The van der Waals surface area contributed by atoms with Gasteiger partial charge in [0, 0.05) is 18.1 Å². The number of aryl methyl sites for hydroxylation is 1. The van der Waals surface area contributed by atoms with E-state index in [1.807, 2.05) is 30.3 Å². The van der Waals surface area contributed by atoms with Crippen LogP contribution in [0.1, 0.15) is 42.0 Å². The first-order chi connectivity index (χ1) is 12.3. The monoisotopic (exact) mass is 336 g/mol. The lowest BCUT2D eigenvalue weighted by atomic mass is 9.86. The second-order valence-corrected chi connectivity index (χ2v) is 7.03. The molecule has 4 heteroatoms. The van der Waals surface area contributed by atoms with Gasteiger partial charge >= 0.3 is 6.09 Å². The van der Waals surface area contributed by atoms with Crippen LogP contribution in [0.2, 0.25) is 0 Å². The first kappa shape index (κ1) is 16.2. The molecule has 2 N–H and O–H groups in total. The van der Waals surface area contributed by atoms with Gasteiger partial charge in [0.2, 0.25) is 0 Å². The Morgan fingerprint density at radius 2 is 1.76 bits per heavy atom. The molecule has 1 unspecified atom stereocenters. The molecular formula is C21H24N2O2. The van der Waals surface area contributed by atoms with Gasteiger partial charge in [-0.05, 0) is 42.4 Å². The van der Waals surface area contributed by atoms with Gasteiger partial charge in [-0.3, -0.25) is 0 Å². The summed E-state index contributed by atoms with van der Waals surface area (Å²) in [4.78, 5) is 11.9. The smallest absolute Gasteiger partial charge is 0.407 e. The number of fused-ring (bicyclic) bond motifs is 1. The molecule has 0 radical (unpaired) electrons. The van der Waals surface area contributed by atoms with Crippen LogP contribution in [0.15, 0.2) is 54.6 Å². The number of carbonyl (C=O) groups excluding carboxylic acids is 1. The van der Waals surface area contributed by atoms with E-state index in [-0.39, 0.29) is 12.1 Å². The minimum atomic E-state index is -0.321. The van der Waals surface area contributed by atoms with Crippen LogP contribution in [0.3, 0.4) is 0 Å². The van der Waals surface area contributed by atoms with Crippen molar-refractivity contribution in [1.82, 2.24) is 10.6 Å². The van der Waals surface area contributed by atoms with Gasteiger partial charge in [-0.2, -0.15) is 0 Å². The summed E-state index contributed by atoms with van der Waals surface area (Å²) < 4.78 is 5.28. The Hall–Kier alpha value is -2.33. The zero-order valence-electron chi connectivity index (χ0n) is 14.3. The summed E-state index contributed by atoms with van der Waals surface area (Å²) in [7, 11) is 0. The number of carbonyl (C=O) groups is 1. The van der Waals surface area contributed by atoms with Gasteiger partial charge in [0.1, 0.15) is 6.61 Å². The molecule has 0 bridgehead atoms. The predicted molar refractivity (Wildman–Crippen MR) is 97.2 cm³/mol. The van der Waals surface area contributed by atoms with Crippen molar-refractivity contribution in [3.05, 3.63) is 71.3 Å². The topological polar surface area (TPSA) is 50.4 Å². The van der Waals surface area contributed by atoms with E-state index >= 15 is 0 Å². The Bertz CT molecular complexity index is 726. The van der Waals surface area contributed by atoms with Crippen molar-refractivity contribution >= 4 is 6.09 Å². The van der Waals surface area contributed by atoms with E-state index in [9.17, 15) is 4.79 Å². The van der Waals surface area contributed by atoms with Crippen molar-refractivity contribution < 1.29 is 9.53 Å². The van der Waals surface area contributed by atoms with Crippen molar-refractivity contribution in [3.8, 4) is 0 Å². The molecule has 2 aromatic carbocycles. The number of hydrogen-bond donors (Lipinski definition) is 2. The van der Waals surface area contributed by atoms with Gasteiger partial charge in [0.15, 0.2) is 0 Å². The fourth-order valence-corrected chi connectivity index (χ4v) is 3.82. The van der Waals surface area contributed by atoms with Crippen LogP contribution in [0, 0.1) is 0 Å². The number of amides is 1. The quantitative estimate of drug-likeness (QED) is 0.875. The lowest BCUT2D eigenvalue weighted by Gasteiger charge is -2.38. The highest BCUT2D eigenvalue weighted by Crippen LogP contribution is 2.33. The maximum Gasteiger partial charge on any atom is 0.407 e. The first-order valence-corrected chi connectivity index (χ1v) is 9.09. The summed E-state index contributed by atoms with van der Waals surface area (Å²) in [5.41, 5.74) is 3.92. The lowest BCUT2D eigenvalue weighted by Crippen LogP contribution is -2.53. The highest BCUT2D eigenvalue weighted by Gasteiger charge is 2.33. The van der Waals surface area contributed by atoms with Crippen molar-refractivity contribution in [3.63, 3.8) is 0 Å². The Morgan fingerprint density at radius 3 is 2.60 bits per heavy atom. The van der Waals surface area contributed by atoms with Crippen molar-refractivity contribution in [2.75, 3.05) is 0 Å². The van der Waals surface area contributed by atoms with Gasteiger partial charge in [0.25, 0.3) is 0 Å². The molecule has 2 aromatic rings. The molecule has 1 saturated carbocycles. The van der Waals surface area contributed by atoms with E-state index in [0.717, 1.165) is 24.8 Å². The van der Waals surface area contributed by atoms with Crippen LogP contribution in [0.4, 0.5) is 4.79 Å². The number of rotatable bonds is 5. The molecule has 2 aliphatic carbocycles. The zero-order chi connectivity index (χ0) is 17.1. The Kier molecular flexibility index (Phi) is 4.70. The molecule has 1 atom stereocenters. The minimum absolute atomic E-state index is 0.220. The second-order valence-electron chi connectivity index (χ2n) is 7.03. The van der Waals surface area contributed by atoms with Crippen molar-refractivity contribution in [2.24, 2.45) is 0 Å². The fraction of sp³-hybridized carbons (Fsp3) is 0.381. The Balaban J connectivity index is 1.18. The lowest BCUT2D eigenvalue weighted by molar-refractivity contribution is 0.124. The third-order valence-electron chi connectivity index (χ3n) is 5.24. The number of hydrogen-bond acceptors (Lipinski definition) is 3. The summed E-state index contributed by atoms with van der Waals surface area (Å²) in [5.74, 6) is 0. The normalized spacial score (nSPS) is 24.2. The van der Waals surface area contributed by atoms with E-state index in [2.05, 4.69) is 34.9 Å². The molecule has 4 nitrogen and oxygen atoms in total. The van der Waals surface area contributed by atoms with Gasteiger partial charge in [0.05, 0.1) is 0 Å². The largest absolute Gasteiger partial charge is 0.445 e. The van der Waals surface area contributed by atoms with Crippen LogP contribution in [0.5, 0.6) is 0 Å². The average Bonchev–Trinajstić information content (AvgIpc) is 3.02. The molecule has 0 saturated heterocycles. The summed E-state index contributed by atoms with van der Waals surface area (Å²) in [6.07, 6.45) is 3.96. The van der Waals surface area contributed by atoms with E-state index < -0.39 is 0 Å². The van der Waals surface area contributed by atoms with Crippen LogP contribution >= 0.6 is 0 Å². The highest BCUT2D eigenvalue weighted by atomic mass is 16.5. The molecule has 0 aliphatic heterocycles. The van der Waals surface area contributed by atoms with E-state index in [1.165, 1.54) is 17.5 Å². The molecule has 130 valence electrons. The third-order valence-corrected chi connectivity index (χ3v) is 5.24. The summed E-state index contributed by atoms with van der Waals surface area (Å²) in [6.45, 7) is 0.319. The maximum absolute atomic E-state index is 11.9. The Labute approximate surface area is 148 Å². The standard InChI is InChI=1S/C21H24N2O2/c24-21(25-14-15-6-2-1-3-7-15)23-18-12-17(13-18)22-20-11-10-16-8-4-5-9-19(16)20/h1-9,17-18,20,22H,10-14H2,(H,23,24). The predicted octanol–water partition coefficient (Wildman–Crippen LogP) is 3.72. The number of alkyl carbamates (subject to hydrolysis) is 1. The van der Waals surface area contributed by atoms with Crippen molar-refractivity contribution in [2.45, 2.75) is 50.4 Å². The molecular weight excluding hydrogens is 312 g/mol. The molecule has 1 amide bonds. The summed E-state index contributed by atoms with van der Waals surface area (Å²) >= 11 is 0. The number of benzene rings is 2. The Morgan fingerprint density at radius 1 is 1.00 bits per heavy atom. The average molecular weight is 336 g/mol. The van der Waals surface area contributed by atoms with Gasteiger partial charge in [-0.1, -0.05) is 54.6 Å².